The summed E-state index contributed by atoms with van der Waals surface area (Å²) in [6.45, 7) is 0.952. The van der Waals surface area contributed by atoms with Gasteiger partial charge in [0.2, 0.25) is 12.7 Å². The predicted octanol–water partition coefficient (Wildman–Crippen LogP) is 3.84. The summed E-state index contributed by atoms with van der Waals surface area (Å²) < 4.78 is 13.3. The summed E-state index contributed by atoms with van der Waals surface area (Å²) in [7, 11) is 0. The molecular formula is C24H21N5O4S. The van der Waals surface area contributed by atoms with E-state index in [0.29, 0.717) is 29.3 Å². The summed E-state index contributed by atoms with van der Waals surface area (Å²) in [5.41, 5.74) is 1.93. The number of hydrogen-bond donors (Lipinski definition) is 1. The van der Waals surface area contributed by atoms with E-state index in [9.17, 15) is 9.59 Å². The number of aromatic nitrogens is 3. The molecule has 0 radical (unpaired) electrons. The third-order valence-corrected chi connectivity index (χ3v) is 7.13. The Morgan fingerprint density at radius 1 is 1.15 bits per heavy atom. The molecule has 2 aromatic carbocycles. The first-order chi connectivity index (χ1) is 16.6. The third-order valence-electron chi connectivity index (χ3n) is 5.99. The molecule has 1 unspecified atom stereocenters. The van der Waals surface area contributed by atoms with Gasteiger partial charge in [0.1, 0.15) is 11.6 Å². The van der Waals surface area contributed by atoms with E-state index in [2.05, 4.69) is 16.5 Å². The van der Waals surface area contributed by atoms with E-state index in [1.807, 2.05) is 23.1 Å². The smallest absolute Gasteiger partial charge is 0.255 e. The highest BCUT2D eigenvalue weighted by Crippen LogP contribution is 2.36. The van der Waals surface area contributed by atoms with Crippen LogP contribution >= 0.6 is 11.3 Å². The molecule has 0 saturated carbocycles. The highest BCUT2D eigenvalue weighted by atomic mass is 32.1. The quantitative estimate of drug-likeness (QED) is 0.471. The fraction of sp³-hybridized carbons (Fsp3) is 0.250. The summed E-state index contributed by atoms with van der Waals surface area (Å²) >= 11 is 1.65. The van der Waals surface area contributed by atoms with Crippen molar-refractivity contribution in [2.24, 2.45) is 0 Å². The Hall–Kier alpha value is -3.92. The lowest BCUT2D eigenvalue weighted by atomic mass is 10.2. The van der Waals surface area contributed by atoms with Crippen LogP contribution in [0.4, 0.5) is 5.69 Å². The number of anilines is 1. The van der Waals surface area contributed by atoms with Gasteiger partial charge in [0.15, 0.2) is 11.5 Å². The number of benzene rings is 2. The number of likely N-dealkylation sites (tertiary alicyclic amines) is 1. The van der Waals surface area contributed by atoms with Crippen LogP contribution in [-0.4, -0.2) is 44.8 Å². The van der Waals surface area contributed by atoms with Crippen molar-refractivity contribution in [2.45, 2.75) is 25.4 Å². The largest absolute Gasteiger partial charge is 0.454 e. The van der Waals surface area contributed by atoms with E-state index in [1.54, 1.807) is 40.4 Å². The van der Waals surface area contributed by atoms with E-state index in [0.717, 1.165) is 28.1 Å². The number of carbonyl (C=O) groups excluding carboxylic acids is 2. The van der Waals surface area contributed by atoms with Crippen molar-refractivity contribution in [3.63, 3.8) is 0 Å². The van der Waals surface area contributed by atoms with Crippen molar-refractivity contribution in [1.29, 1.82) is 0 Å². The molecular weight excluding hydrogens is 454 g/mol. The van der Waals surface area contributed by atoms with Gasteiger partial charge in [0.25, 0.3) is 5.91 Å². The molecule has 0 aliphatic carbocycles. The fourth-order valence-electron chi connectivity index (χ4n) is 4.34. The SMILES string of the molecule is O=C(Nc1cnn(CC(=O)N2CCCC2c2nc3ccccc3s2)c1)c1ccc2c(c1)OCO2. The van der Waals surface area contributed by atoms with E-state index < -0.39 is 0 Å². The molecule has 172 valence electrons. The highest BCUT2D eigenvalue weighted by Gasteiger charge is 2.32. The molecule has 4 heterocycles. The summed E-state index contributed by atoms with van der Waals surface area (Å²) in [5, 5.41) is 8.05. The number of carbonyl (C=O) groups is 2. The fourth-order valence-corrected chi connectivity index (χ4v) is 5.45. The van der Waals surface area contributed by atoms with E-state index in [4.69, 9.17) is 14.5 Å². The molecule has 2 aliphatic rings. The first-order valence-corrected chi connectivity index (χ1v) is 11.8. The summed E-state index contributed by atoms with van der Waals surface area (Å²) in [4.78, 5) is 32.4. The number of nitrogens with one attached hydrogen (secondary N) is 1. The molecule has 0 spiro atoms. The predicted molar refractivity (Wildman–Crippen MR) is 126 cm³/mol. The summed E-state index contributed by atoms with van der Waals surface area (Å²) in [6, 6.07) is 13.0. The van der Waals surface area contributed by atoms with Gasteiger partial charge in [0, 0.05) is 18.3 Å². The minimum atomic E-state index is -0.292. The van der Waals surface area contributed by atoms with Gasteiger partial charge in [-0.3, -0.25) is 14.3 Å². The molecule has 34 heavy (non-hydrogen) atoms. The van der Waals surface area contributed by atoms with Gasteiger partial charge in [0.05, 0.1) is 28.1 Å². The lowest BCUT2D eigenvalue weighted by Crippen LogP contribution is -2.33. The van der Waals surface area contributed by atoms with Gasteiger partial charge in [-0.25, -0.2) is 4.98 Å². The maximum atomic E-state index is 13.1. The van der Waals surface area contributed by atoms with Crippen LogP contribution in [0.3, 0.4) is 0 Å². The number of para-hydroxylation sites is 1. The second kappa shape index (κ2) is 8.45. The Balaban J connectivity index is 1.12. The van der Waals surface area contributed by atoms with E-state index in [1.165, 1.54) is 6.20 Å². The average molecular weight is 476 g/mol. The molecule has 4 aromatic rings. The van der Waals surface area contributed by atoms with Crippen molar-refractivity contribution in [3.05, 3.63) is 65.4 Å². The van der Waals surface area contributed by atoms with Crippen molar-refractivity contribution in [2.75, 3.05) is 18.7 Å². The molecule has 1 saturated heterocycles. The third kappa shape index (κ3) is 3.86. The lowest BCUT2D eigenvalue weighted by molar-refractivity contribution is -0.133. The zero-order valence-electron chi connectivity index (χ0n) is 18.1. The second-order valence-corrected chi connectivity index (χ2v) is 9.28. The Morgan fingerprint density at radius 3 is 2.94 bits per heavy atom. The van der Waals surface area contributed by atoms with Crippen LogP contribution in [0.2, 0.25) is 0 Å². The number of rotatable bonds is 5. The van der Waals surface area contributed by atoms with Gasteiger partial charge in [-0.05, 0) is 43.2 Å². The number of ether oxygens (including phenoxy) is 2. The van der Waals surface area contributed by atoms with Crippen LogP contribution in [0, 0.1) is 0 Å². The normalized spacial score (nSPS) is 16.8. The molecule has 6 rings (SSSR count). The summed E-state index contributed by atoms with van der Waals surface area (Å²) in [5.74, 6) is 0.856. The van der Waals surface area contributed by atoms with Crippen LogP contribution < -0.4 is 14.8 Å². The van der Waals surface area contributed by atoms with Crippen LogP contribution in [0.5, 0.6) is 11.5 Å². The maximum Gasteiger partial charge on any atom is 0.255 e. The molecule has 2 aliphatic heterocycles. The molecule has 1 fully saturated rings. The Labute approximate surface area is 198 Å². The average Bonchev–Trinajstić information content (AvgIpc) is 3.64. The van der Waals surface area contributed by atoms with Crippen LogP contribution in [0.15, 0.2) is 54.9 Å². The van der Waals surface area contributed by atoms with Gasteiger partial charge in [-0.15, -0.1) is 11.3 Å². The molecule has 2 amide bonds. The van der Waals surface area contributed by atoms with Gasteiger partial charge < -0.3 is 19.7 Å². The molecule has 2 aromatic heterocycles. The Bertz CT molecular complexity index is 1360. The number of hydrogen-bond acceptors (Lipinski definition) is 7. The van der Waals surface area contributed by atoms with Crippen molar-refractivity contribution in [3.8, 4) is 11.5 Å². The summed E-state index contributed by atoms with van der Waals surface area (Å²) in [6.07, 6.45) is 5.04. The molecule has 1 atom stereocenters. The topological polar surface area (TPSA) is 98.6 Å². The standard InChI is InChI=1S/C24H21N5O4S/c30-22(29-9-3-5-18(29)24-27-17-4-1-2-6-21(17)34-24)13-28-12-16(11-25-28)26-23(31)15-7-8-19-20(10-15)33-14-32-19/h1-2,4,6-8,10-12,18H,3,5,9,13-14H2,(H,26,31). The molecule has 10 heteroatoms. The monoisotopic (exact) mass is 475 g/mol. The Morgan fingerprint density at radius 2 is 2.03 bits per heavy atom. The van der Waals surface area contributed by atoms with E-state index >= 15 is 0 Å². The molecule has 1 N–H and O–H groups in total. The zero-order chi connectivity index (χ0) is 23.1. The van der Waals surface area contributed by atoms with Crippen molar-refractivity contribution >= 4 is 39.1 Å². The molecule has 9 nitrogen and oxygen atoms in total. The molecule has 0 bridgehead atoms. The minimum Gasteiger partial charge on any atom is -0.454 e. The van der Waals surface area contributed by atoms with Crippen LogP contribution in [-0.2, 0) is 11.3 Å². The minimum absolute atomic E-state index is 0.00866. The van der Waals surface area contributed by atoms with Crippen molar-refractivity contribution in [1.82, 2.24) is 19.7 Å². The van der Waals surface area contributed by atoms with Gasteiger partial charge in [-0.2, -0.15) is 5.10 Å². The zero-order valence-corrected chi connectivity index (χ0v) is 19.0. The number of fused-ring (bicyclic) bond motifs is 2. The van der Waals surface area contributed by atoms with E-state index in [-0.39, 0.29) is 31.2 Å². The van der Waals surface area contributed by atoms with Crippen LogP contribution in [0.25, 0.3) is 10.2 Å². The first kappa shape index (κ1) is 20.7. The first-order valence-electron chi connectivity index (χ1n) is 11.0. The highest BCUT2D eigenvalue weighted by molar-refractivity contribution is 7.18. The lowest BCUT2D eigenvalue weighted by Gasteiger charge is -2.23. The number of nitrogens with zero attached hydrogens (tertiary/aromatic N) is 4. The maximum absolute atomic E-state index is 13.1. The number of thiazole rings is 1. The Kier molecular flexibility index (Phi) is 5.14. The van der Waals surface area contributed by atoms with Gasteiger partial charge in [-0.1, -0.05) is 12.1 Å². The second-order valence-electron chi connectivity index (χ2n) is 8.21. The van der Waals surface area contributed by atoms with Gasteiger partial charge >= 0.3 is 0 Å². The number of amides is 2. The van der Waals surface area contributed by atoms with Crippen molar-refractivity contribution < 1.29 is 19.1 Å². The van der Waals surface area contributed by atoms with Crippen LogP contribution in [0.1, 0.15) is 34.2 Å².